The van der Waals surface area contributed by atoms with Gasteiger partial charge in [-0.3, -0.25) is 19.4 Å². The van der Waals surface area contributed by atoms with Gasteiger partial charge in [0.05, 0.1) is 11.9 Å². The van der Waals surface area contributed by atoms with Gasteiger partial charge in [-0.25, -0.2) is 0 Å². The predicted molar refractivity (Wildman–Crippen MR) is 237 cm³/mol. The molecule has 0 saturated heterocycles. The van der Waals surface area contributed by atoms with Crippen molar-refractivity contribution in [2.24, 2.45) is 0 Å². The van der Waals surface area contributed by atoms with Crippen LogP contribution in [-0.4, -0.2) is 42.0 Å². The summed E-state index contributed by atoms with van der Waals surface area (Å²) in [6.07, 6.45) is 6.05. The normalized spacial score (nSPS) is 13.5. The first-order valence-corrected chi connectivity index (χ1v) is 20.8. The molecular weight excluding hydrogens is 786 g/mol. The van der Waals surface area contributed by atoms with E-state index in [1.807, 2.05) is 91.9 Å². The maximum Gasteiger partial charge on any atom is 0.405 e. The van der Waals surface area contributed by atoms with Gasteiger partial charge in [0.1, 0.15) is 17.4 Å². The first-order chi connectivity index (χ1) is 30.0. The monoisotopic (exact) mass is 832 g/mol. The van der Waals surface area contributed by atoms with Crippen molar-refractivity contribution in [3.8, 4) is 34.6 Å². The van der Waals surface area contributed by atoms with Crippen molar-refractivity contribution in [1.29, 1.82) is 0 Å². The molecule has 6 aromatic rings. The van der Waals surface area contributed by atoms with E-state index in [0.29, 0.717) is 56.3 Å². The Balaban J connectivity index is 0.000000221. The SMILES string of the molecule is C#CCCC1(C(=O)NCC)c2ccccc2-c2ccccc21.O=C(Nc1ccc(CCCCC2(C(=O)NCC(F)(F)F)c3ccccc3-c3ccccc32)nc1)c1ccccc1. The molecule has 0 bridgehead atoms. The number of hydrogen-bond donors (Lipinski definition) is 3. The summed E-state index contributed by atoms with van der Waals surface area (Å²) in [7, 11) is 0. The van der Waals surface area contributed by atoms with Gasteiger partial charge >= 0.3 is 6.18 Å². The van der Waals surface area contributed by atoms with E-state index in [1.165, 1.54) is 0 Å². The Morgan fingerprint density at radius 3 is 1.58 bits per heavy atom. The number of unbranched alkanes of at least 4 members (excludes halogenated alkanes) is 1. The topological polar surface area (TPSA) is 100 Å². The van der Waals surface area contributed by atoms with Crippen LogP contribution < -0.4 is 16.0 Å². The van der Waals surface area contributed by atoms with E-state index in [1.54, 1.807) is 36.5 Å². The number of likely N-dealkylation sites (N-methyl/N-ethyl adjacent to an activating group) is 1. The fourth-order valence-corrected chi connectivity index (χ4v) is 8.94. The summed E-state index contributed by atoms with van der Waals surface area (Å²) in [4.78, 5) is 43.4. The van der Waals surface area contributed by atoms with Gasteiger partial charge in [-0.15, -0.1) is 12.3 Å². The van der Waals surface area contributed by atoms with Crippen molar-refractivity contribution in [2.75, 3.05) is 18.4 Å². The molecule has 1 aromatic heterocycles. The summed E-state index contributed by atoms with van der Waals surface area (Å²) in [5.41, 5.74) is 7.68. The number of hydrogen-bond acceptors (Lipinski definition) is 4. The van der Waals surface area contributed by atoms with Crippen LogP contribution in [0.1, 0.15) is 77.3 Å². The molecule has 0 aliphatic heterocycles. The van der Waals surface area contributed by atoms with E-state index >= 15 is 0 Å². The second-order valence-corrected chi connectivity index (χ2v) is 15.4. The first-order valence-electron chi connectivity index (χ1n) is 20.8. The summed E-state index contributed by atoms with van der Waals surface area (Å²) in [5, 5.41) is 8.00. The highest BCUT2D eigenvalue weighted by molar-refractivity contribution is 6.04. The molecule has 314 valence electrons. The lowest BCUT2D eigenvalue weighted by molar-refractivity contribution is -0.141. The Kier molecular flexibility index (Phi) is 13.0. The van der Waals surface area contributed by atoms with Crippen molar-refractivity contribution in [3.63, 3.8) is 0 Å². The van der Waals surface area contributed by atoms with E-state index in [9.17, 15) is 27.6 Å². The number of alkyl halides is 3. The second kappa shape index (κ2) is 18.7. The van der Waals surface area contributed by atoms with Gasteiger partial charge in [0, 0.05) is 24.2 Å². The van der Waals surface area contributed by atoms with Gasteiger partial charge in [0.2, 0.25) is 11.8 Å². The molecule has 0 saturated carbocycles. The number of nitrogens with one attached hydrogen (secondary N) is 3. The summed E-state index contributed by atoms with van der Waals surface area (Å²) in [6.45, 7) is 1.18. The number of fused-ring (bicyclic) bond motifs is 6. The minimum absolute atomic E-state index is 0.0441. The number of halogens is 3. The fourth-order valence-electron chi connectivity index (χ4n) is 8.94. The molecule has 3 N–H and O–H groups in total. The zero-order valence-electron chi connectivity index (χ0n) is 34.4. The number of aromatic nitrogens is 1. The molecule has 2 aliphatic carbocycles. The number of anilines is 1. The van der Waals surface area contributed by atoms with Crippen LogP contribution in [0.2, 0.25) is 0 Å². The standard InChI is InChI=1S/C32H28F3N3O2.C20H19NO/c33-32(34,35)21-37-30(40)31(27-15-6-4-13-25(27)26-14-5-7-16-28(26)31)19-9-8-12-23-17-18-24(20-36-23)38-29(39)22-10-2-1-3-11-22;1-3-5-14-20(19(22)21-4-2)17-12-8-6-10-15(17)16-11-7-9-13-18(16)20/h1-7,10-11,13-18,20H,8-9,12,19,21H2,(H,37,40)(H,38,39);1,6-13H,4-5,14H2,2H3,(H,21,22). The number of amides is 3. The lowest BCUT2D eigenvalue weighted by atomic mass is 9.73. The highest BCUT2D eigenvalue weighted by atomic mass is 19.4. The van der Waals surface area contributed by atoms with Gasteiger partial charge in [-0.1, -0.05) is 122 Å². The molecule has 0 radical (unpaired) electrons. The number of benzene rings is 5. The summed E-state index contributed by atoms with van der Waals surface area (Å²) >= 11 is 0. The van der Waals surface area contributed by atoms with Crippen LogP contribution >= 0.6 is 0 Å². The molecule has 0 fully saturated rings. The number of terminal acetylenes is 1. The van der Waals surface area contributed by atoms with Gasteiger partial charge in [-0.05, 0) is 101 Å². The van der Waals surface area contributed by atoms with Crippen LogP contribution in [0.4, 0.5) is 18.9 Å². The van der Waals surface area contributed by atoms with Gasteiger partial charge in [0.15, 0.2) is 0 Å². The molecule has 0 spiro atoms. The molecule has 7 nitrogen and oxygen atoms in total. The second-order valence-electron chi connectivity index (χ2n) is 15.4. The fraction of sp³-hybridized carbons (Fsp3) is 0.231. The number of pyridine rings is 1. The zero-order chi connectivity index (χ0) is 43.7. The Morgan fingerprint density at radius 2 is 1.11 bits per heavy atom. The highest BCUT2D eigenvalue weighted by Crippen LogP contribution is 2.53. The first kappa shape index (κ1) is 43.1. The van der Waals surface area contributed by atoms with Crippen molar-refractivity contribution >= 4 is 23.4 Å². The van der Waals surface area contributed by atoms with E-state index in [0.717, 1.165) is 50.2 Å². The Bertz CT molecular complexity index is 2510. The molecule has 2 aliphatic rings. The van der Waals surface area contributed by atoms with Crippen LogP contribution in [0.5, 0.6) is 0 Å². The van der Waals surface area contributed by atoms with Gasteiger partial charge in [0.25, 0.3) is 5.91 Å². The number of carbonyl (C=O) groups excluding carboxylic acids is 3. The molecule has 0 unspecified atom stereocenters. The number of rotatable bonds is 13. The average molecular weight is 833 g/mol. The van der Waals surface area contributed by atoms with Crippen molar-refractivity contribution in [1.82, 2.24) is 15.6 Å². The summed E-state index contributed by atoms with van der Waals surface area (Å²) in [6, 6.07) is 43.7. The van der Waals surface area contributed by atoms with E-state index in [4.69, 9.17) is 6.42 Å². The quantitative estimate of drug-likeness (QED) is 0.0797. The van der Waals surface area contributed by atoms with E-state index in [-0.39, 0.29) is 11.8 Å². The summed E-state index contributed by atoms with van der Waals surface area (Å²) in [5.74, 6) is 1.88. The van der Waals surface area contributed by atoms with Crippen LogP contribution in [0.3, 0.4) is 0 Å². The van der Waals surface area contributed by atoms with Gasteiger partial charge < -0.3 is 16.0 Å². The molecule has 5 aromatic carbocycles. The third-order valence-corrected chi connectivity index (χ3v) is 11.7. The van der Waals surface area contributed by atoms with Gasteiger partial charge in [-0.2, -0.15) is 13.2 Å². The minimum atomic E-state index is -4.51. The lowest BCUT2D eigenvalue weighted by Gasteiger charge is -2.31. The number of aryl methyl sites for hydroxylation is 1. The predicted octanol–water partition coefficient (Wildman–Crippen LogP) is 10.2. The van der Waals surface area contributed by atoms with Crippen molar-refractivity contribution < 1.29 is 27.6 Å². The van der Waals surface area contributed by atoms with Crippen LogP contribution in [-0.2, 0) is 26.8 Å². The Morgan fingerprint density at radius 1 is 0.629 bits per heavy atom. The highest BCUT2D eigenvalue weighted by Gasteiger charge is 2.50. The molecule has 10 heteroatoms. The number of nitrogens with zero attached hydrogens (tertiary/aromatic N) is 1. The molecule has 1 heterocycles. The van der Waals surface area contributed by atoms with Crippen molar-refractivity contribution in [2.45, 2.75) is 62.5 Å². The lowest BCUT2D eigenvalue weighted by Crippen LogP contribution is -2.47. The maximum atomic E-state index is 13.6. The molecule has 0 atom stereocenters. The molecule has 3 amide bonds. The van der Waals surface area contributed by atoms with Crippen LogP contribution in [0.25, 0.3) is 22.3 Å². The smallest absolute Gasteiger partial charge is 0.355 e. The minimum Gasteiger partial charge on any atom is -0.355 e. The Labute approximate surface area is 360 Å². The maximum absolute atomic E-state index is 13.6. The van der Waals surface area contributed by atoms with E-state index < -0.39 is 29.5 Å². The van der Waals surface area contributed by atoms with Crippen LogP contribution in [0, 0.1) is 12.3 Å². The largest absolute Gasteiger partial charge is 0.405 e. The average Bonchev–Trinajstić information content (AvgIpc) is 3.75. The number of carbonyl (C=O) groups is 3. The zero-order valence-corrected chi connectivity index (χ0v) is 34.4. The Hall–Kier alpha value is -6.99. The summed E-state index contributed by atoms with van der Waals surface area (Å²) < 4.78 is 39.2. The van der Waals surface area contributed by atoms with Crippen molar-refractivity contribution in [3.05, 3.63) is 179 Å². The molecule has 62 heavy (non-hydrogen) atoms. The third-order valence-electron chi connectivity index (χ3n) is 11.7. The van der Waals surface area contributed by atoms with E-state index in [2.05, 4.69) is 51.1 Å². The van der Waals surface area contributed by atoms with Crippen LogP contribution in [0.15, 0.2) is 146 Å². The third kappa shape index (κ3) is 8.62. The molecular formula is C52H47F3N4O3. The molecule has 8 rings (SSSR count).